The molecule has 1 saturated heterocycles. The Morgan fingerprint density at radius 3 is 2.72 bits per heavy atom. The highest BCUT2D eigenvalue weighted by Gasteiger charge is 2.26. The Labute approximate surface area is 105 Å². The SMILES string of the molecule is O=C1CC(O)CC(CCc2ccc(O)c(O)c2)O1. The molecule has 1 aromatic carbocycles. The molecule has 0 aliphatic carbocycles. The van der Waals surface area contributed by atoms with Crippen LogP contribution >= 0.6 is 0 Å². The minimum absolute atomic E-state index is 0.0660. The highest BCUT2D eigenvalue weighted by Crippen LogP contribution is 2.26. The Hall–Kier alpha value is -1.75. The van der Waals surface area contributed by atoms with Crippen molar-refractivity contribution in [1.29, 1.82) is 0 Å². The van der Waals surface area contributed by atoms with E-state index in [1.807, 2.05) is 0 Å². The van der Waals surface area contributed by atoms with E-state index in [4.69, 9.17) is 4.74 Å². The van der Waals surface area contributed by atoms with Gasteiger partial charge in [0.25, 0.3) is 0 Å². The molecule has 1 aliphatic heterocycles. The third kappa shape index (κ3) is 3.13. The number of hydrogen-bond donors (Lipinski definition) is 3. The van der Waals surface area contributed by atoms with Crippen LogP contribution in [0.25, 0.3) is 0 Å². The number of benzene rings is 1. The van der Waals surface area contributed by atoms with Crippen molar-refractivity contribution in [3.05, 3.63) is 23.8 Å². The lowest BCUT2D eigenvalue weighted by Crippen LogP contribution is -2.32. The van der Waals surface area contributed by atoms with E-state index in [1.54, 1.807) is 6.07 Å². The van der Waals surface area contributed by atoms with Gasteiger partial charge in [-0.25, -0.2) is 0 Å². The van der Waals surface area contributed by atoms with E-state index in [-0.39, 0.29) is 30.0 Å². The van der Waals surface area contributed by atoms with E-state index in [1.165, 1.54) is 12.1 Å². The normalized spacial score (nSPS) is 23.7. The summed E-state index contributed by atoms with van der Waals surface area (Å²) in [6, 6.07) is 4.61. The first kappa shape index (κ1) is 12.7. The lowest BCUT2D eigenvalue weighted by atomic mass is 9.99. The Morgan fingerprint density at radius 2 is 2.06 bits per heavy atom. The maximum Gasteiger partial charge on any atom is 0.308 e. The van der Waals surface area contributed by atoms with Gasteiger partial charge in [0.05, 0.1) is 12.5 Å². The van der Waals surface area contributed by atoms with Gasteiger partial charge in [-0.1, -0.05) is 6.07 Å². The van der Waals surface area contributed by atoms with Gasteiger partial charge < -0.3 is 20.1 Å². The van der Waals surface area contributed by atoms with E-state index < -0.39 is 6.10 Å². The van der Waals surface area contributed by atoms with Crippen LogP contribution in [0.2, 0.25) is 0 Å². The Morgan fingerprint density at radius 1 is 1.28 bits per heavy atom. The second kappa shape index (κ2) is 5.27. The summed E-state index contributed by atoms with van der Waals surface area (Å²) in [6.45, 7) is 0. The van der Waals surface area contributed by atoms with E-state index in [0.29, 0.717) is 19.3 Å². The number of esters is 1. The third-order valence-corrected chi connectivity index (χ3v) is 3.03. The van der Waals surface area contributed by atoms with Crippen molar-refractivity contribution in [3.63, 3.8) is 0 Å². The van der Waals surface area contributed by atoms with Crippen molar-refractivity contribution in [1.82, 2.24) is 0 Å². The molecule has 0 radical (unpaired) electrons. The lowest BCUT2D eigenvalue weighted by molar-refractivity contribution is -0.160. The summed E-state index contributed by atoms with van der Waals surface area (Å²) in [5, 5.41) is 28.0. The number of rotatable bonds is 3. The molecule has 1 heterocycles. The standard InChI is InChI=1S/C13H16O5/c14-9-6-10(18-13(17)7-9)3-1-8-2-4-11(15)12(16)5-8/h2,4-5,9-10,14-16H,1,3,6-7H2. The molecule has 2 unspecified atom stereocenters. The predicted octanol–water partition coefficient (Wildman–Crippen LogP) is 1.10. The maximum absolute atomic E-state index is 11.1. The number of carbonyl (C=O) groups excluding carboxylic acids is 1. The van der Waals surface area contributed by atoms with Gasteiger partial charge in [-0.3, -0.25) is 4.79 Å². The predicted molar refractivity (Wildman–Crippen MR) is 63.2 cm³/mol. The molecule has 0 spiro atoms. The fraction of sp³-hybridized carbons (Fsp3) is 0.462. The molecule has 98 valence electrons. The third-order valence-electron chi connectivity index (χ3n) is 3.03. The molecule has 18 heavy (non-hydrogen) atoms. The highest BCUT2D eigenvalue weighted by atomic mass is 16.5. The topological polar surface area (TPSA) is 87.0 Å². The van der Waals surface area contributed by atoms with Crippen LogP contribution in [0, 0.1) is 0 Å². The summed E-state index contributed by atoms with van der Waals surface area (Å²) >= 11 is 0. The summed E-state index contributed by atoms with van der Waals surface area (Å²) in [4.78, 5) is 11.1. The van der Waals surface area contributed by atoms with Gasteiger partial charge in [0, 0.05) is 6.42 Å². The molecule has 2 atom stereocenters. The van der Waals surface area contributed by atoms with Gasteiger partial charge in [0.15, 0.2) is 11.5 Å². The van der Waals surface area contributed by atoms with Gasteiger partial charge in [0.1, 0.15) is 6.10 Å². The van der Waals surface area contributed by atoms with Gasteiger partial charge in [-0.15, -0.1) is 0 Å². The van der Waals surface area contributed by atoms with Crippen LogP contribution < -0.4 is 0 Å². The molecule has 0 bridgehead atoms. The van der Waals surface area contributed by atoms with Crippen LogP contribution in [0.15, 0.2) is 18.2 Å². The Balaban J connectivity index is 1.90. The summed E-state index contributed by atoms with van der Waals surface area (Å²) in [7, 11) is 0. The number of aromatic hydroxyl groups is 2. The molecule has 1 fully saturated rings. The van der Waals surface area contributed by atoms with Gasteiger partial charge in [-0.05, 0) is 30.5 Å². The molecule has 5 nitrogen and oxygen atoms in total. The summed E-state index contributed by atoms with van der Waals surface area (Å²) in [5.41, 5.74) is 0.849. The van der Waals surface area contributed by atoms with Crippen molar-refractivity contribution in [3.8, 4) is 11.5 Å². The molecule has 1 aromatic rings. The number of cyclic esters (lactones) is 1. The fourth-order valence-corrected chi connectivity index (χ4v) is 2.09. The minimum Gasteiger partial charge on any atom is -0.504 e. The van der Waals surface area contributed by atoms with Crippen molar-refractivity contribution >= 4 is 5.97 Å². The zero-order valence-corrected chi connectivity index (χ0v) is 9.87. The first-order valence-corrected chi connectivity index (χ1v) is 5.93. The van der Waals surface area contributed by atoms with Crippen LogP contribution in [0.5, 0.6) is 11.5 Å². The van der Waals surface area contributed by atoms with Gasteiger partial charge >= 0.3 is 5.97 Å². The molecule has 0 aromatic heterocycles. The number of aliphatic hydroxyl groups excluding tert-OH is 1. The van der Waals surface area contributed by atoms with E-state index >= 15 is 0 Å². The monoisotopic (exact) mass is 252 g/mol. The second-order valence-corrected chi connectivity index (χ2v) is 4.57. The molecular formula is C13H16O5. The largest absolute Gasteiger partial charge is 0.504 e. The average molecular weight is 252 g/mol. The smallest absolute Gasteiger partial charge is 0.308 e. The van der Waals surface area contributed by atoms with E-state index in [2.05, 4.69) is 0 Å². The first-order chi connectivity index (χ1) is 8.54. The number of aryl methyl sites for hydroxylation is 1. The molecule has 5 heteroatoms. The molecule has 0 amide bonds. The summed E-state index contributed by atoms with van der Waals surface area (Å²) in [6.07, 6.45) is 0.819. The number of ether oxygens (including phenoxy) is 1. The Kier molecular flexibility index (Phi) is 3.72. The number of phenolic OH excluding ortho intramolecular Hbond substituents is 2. The number of aliphatic hydroxyl groups is 1. The van der Waals surface area contributed by atoms with Crippen molar-refractivity contribution in [2.75, 3.05) is 0 Å². The number of carbonyl (C=O) groups is 1. The molecule has 2 rings (SSSR count). The quantitative estimate of drug-likeness (QED) is 0.554. The van der Waals surface area contributed by atoms with Crippen molar-refractivity contribution in [2.45, 2.75) is 37.9 Å². The van der Waals surface area contributed by atoms with E-state index in [9.17, 15) is 20.1 Å². The zero-order chi connectivity index (χ0) is 13.1. The molecule has 3 N–H and O–H groups in total. The Bertz CT molecular complexity index is 443. The van der Waals surface area contributed by atoms with Crippen molar-refractivity contribution in [2.24, 2.45) is 0 Å². The van der Waals surface area contributed by atoms with Crippen LogP contribution in [-0.4, -0.2) is 33.5 Å². The number of phenols is 2. The number of hydrogen-bond acceptors (Lipinski definition) is 5. The summed E-state index contributed by atoms with van der Waals surface area (Å²) < 4.78 is 5.12. The van der Waals surface area contributed by atoms with Crippen LogP contribution in [-0.2, 0) is 16.0 Å². The van der Waals surface area contributed by atoms with Crippen LogP contribution in [0.1, 0.15) is 24.8 Å². The van der Waals surface area contributed by atoms with E-state index in [0.717, 1.165) is 5.56 Å². The zero-order valence-electron chi connectivity index (χ0n) is 9.87. The first-order valence-electron chi connectivity index (χ1n) is 5.93. The minimum atomic E-state index is -0.621. The summed E-state index contributed by atoms with van der Waals surface area (Å²) in [5.74, 6) is -0.682. The second-order valence-electron chi connectivity index (χ2n) is 4.57. The van der Waals surface area contributed by atoms with Crippen LogP contribution in [0.3, 0.4) is 0 Å². The lowest BCUT2D eigenvalue weighted by Gasteiger charge is -2.25. The van der Waals surface area contributed by atoms with Crippen LogP contribution in [0.4, 0.5) is 0 Å². The highest BCUT2D eigenvalue weighted by molar-refractivity contribution is 5.70. The average Bonchev–Trinajstić information content (AvgIpc) is 2.29. The molecular weight excluding hydrogens is 236 g/mol. The van der Waals surface area contributed by atoms with Gasteiger partial charge in [-0.2, -0.15) is 0 Å². The fourth-order valence-electron chi connectivity index (χ4n) is 2.09. The van der Waals surface area contributed by atoms with Crippen molar-refractivity contribution < 1.29 is 24.9 Å². The molecule has 0 saturated carbocycles. The van der Waals surface area contributed by atoms with Gasteiger partial charge in [0.2, 0.25) is 0 Å². The maximum atomic E-state index is 11.1. The molecule has 1 aliphatic rings.